The van der Waals surface area contributed by atoms with Crippen LogP contribution >= 0.6 is 0 Å². The number of fused-ring (bicyclic) bond motifs is 1. The third-order valence-electron chi connectivity index (χ3n) is 5.59. The molecule has 7 heteroatoms. The van der Waals surface area contributed by atoms with E-state index in [1.165, 1.54) is 11.3 Å². The second-order valence-electron chi connectivity index (χ2n) is 8.36. The molecule has 0 aliphatic carbocycles. The molecular weight excluding hydrogens is 364 g/mol. The standard InChI is InChI=1S/C22H34N6O/c1-6-20(29)23-21(16(2)3)22-25-24-19-11-12-27(13-14-28(19)22)15-17-7-9-18(10-8-17)26(4)5/h7-10,16,21H,6,11-15H2,1-5H3,(H,23,29)/t21-/m0/s1. The van der Waals surface area contributed by atoms with Crippen LogP contribution in [0.5, 0.6) is 0 Å². The summed E-state index contributed by atoms with van der Waals surface area (Å²) in [5.74, 6) is 2.21. The van der Waals surface area contributed by atoms with Crippen LogP contribution in [0.4, 0.5) is 5.69 Å². The Hall–Kier alpha value is -2.41. The monoisotopic (exact) mass is 398 g/mol. The lowest BCUT2D eigenvalue weighted by atomic mass is 10.0. The summed E-state index contributed by atoms with van der Waals surface area (Å²) in [7, 11) is 4.12. The Bertz CT molecular complexity index is 811. The molecule has 7 nitrogen and oxygen atoms in total. The summed E-state index contributed by atoms with van der Waals surface area (Å²) < 4.78 is 2.22. The van der Waals surface area contributed by atoms with E-state index in [2.05, 4.69) is 82.1 Å². The predicted molar refractivity (Wildman–Crippen MR) is 116 cm³/mol. The number of anilines is 1. The number of benzene rings is 1. The first-order chi connectivity index (χ1) is 13.9. The summed E-state index contributed by atoms with van der Waals surface area (Å²) in [5.41, 5.74) is 2.54. The lowest BCUT2D eigenvalue weighted by molar-refractivity contribution is -0.121. The first kappa shape index (κ1) is 21.3. The number of nitrogens with one attached hydrogen (secondary N) is 1. The average Bonchev–Trinajstić information content (AvgIpc) is 2.99. The zero-order chi connectivity index (χ0) is 21.0. The van der Waals surface area contributed by atoms with Crippen LogP contribution in [0.15, 0.2) is 24.3 Å². The zero-order valence-electron chi connectivity index (χ0n) is 18.4. The molecule has 1 N–H and O–H groups in total. The molecule has 0 radical (unpaired) electrons. The van der Waals surface area contributed by atoms with E-state index in [1.54, 1.807) is 0 Å². The molecule has 2 heterocycles. The Morgan fingerprint density at radius 3 is 2.48 bits per heavy atom. The van der Waals surface area contributed by atoms with Crippen molar-refractivity contribution in [3.63, 3.8) is 0 Å². The van der Waals surface area contributed by atoms with Crippen molar-refractivity contribution in [2.45, 2.75) is 52.7 Å². The number of carbonyl (C=O) groups excluding carboxylic acids is 1. The van der Waals surface area contributed by atoms with Crippen LogP contribution in [0.1, 0.15) is 50.4 Å². The van der Waals surface area contributed by atoms with Crippen molar-refractivity contribution in [3.05, 3.63) is 41.5 Å². The molecule has 1 aromatic heterocycles. The van der Waals surface area contributed by atoms with Gasteiger partial charge in [0.05, 0.1) is 6.04 Å². The lowest BCUT2D eigenvalue weighted by Gasteiger charge is -2.23. The third kappa shape index (κ3) is 5.15. The number of carbonyl (C=O) groups is 1. The van der Waals surface area contributed by atoms with Gasteiger partial charge in [-0.05, 0) is 23.6 Å². The fraction of sp³-hybridized carbons (Fsp3) is 0.591. The van der Waals surface area contributed by atoms with E-state index in [1.807, 2.05) is 6.92 Å². The molecule has 0 spiro atoms. The van der Waals surface area contributed by atoms with Gasteiger partial charge in [0.25, 0.3) is 0 Å². The summed E-state index contributed by atoms with van der Waals surface area (Å²) in [5, 5.41) is 12.0. The molecule has 1 aliphatic heterocycles. The molecule has 1 amide bonds. The van der Waals surface area contributed by atoms with Crippen LogP contribution in [0.25, 0.3) is 0 Å². The molecule has 3 rings (SSSR count). The SMILES string of the molecule is CCC(=O)N[C@H](c1nnc2n1CCN(Cc1ccc(N(C)C)cc1)CC2)C(C)C. The smallest absolute Gasteiger partial charge is 0.220 e. The van der Waals surface area contributed by atoms with Crippen molar-refractivity contribution in [3.8, 4) is 0 Å². The molecule has 0 saturated carbocycles. The van der Waals surface area contributed by atoms with Crippen LogP contribution in [-0.2, 0) is 24.3 Å². The van der Waals surface area contributed by atoms with Gasteiger partial charge in [0, 0.05) is 58.8 Å². The summed E-state index contributed by atoms with van der Waals surface area (Å²) >= 11 is 0. The van der Waals surface area contributed by atoms with Crippen molar-refractivity contribution < 1.29 is 4.79 Å². The Labute approximate surface area is 174 Å². The largest absolute Gasteiger partial charge is 0.378 e. The average molecular weight is 399 g/mol. The Morgan fingerprint density at radius 2 is 1.86 bits per heavy atom. The third-order valence-corrected chi connectivity index (χ3v) is 5.59. The van der Waals surface area contributed by atoms with Crippen LogP contribution in [-0.4, -0.2) is 52.8 Å². The van der Waals surface area contributed by atoms with E-state index in [-0.39, 0.29) is 17.9 Å². The molecule has 2 aromatic rings. The second-order valence-corrected chi connectivity index (χ2v) is 8.36. The van der Waals surface area contributed by atoms with E-state index in [0.717, 1.165) is 44.2 Å². The Kier molecular flexibility index (Phi) is 6.90. The molecule has 1 aliphatic rings. The van der Waals surface area contributed by atoms with Crippen LogP contribution < -0.4 is 10.2 Å². The molecule has 29 heavy (non-hydrogen) atoms. The van der Waals surface area contributed by atoms with E-state index < -0.39 is 0 Å². The Morgan fingerprint density at radius 1 is 1.14 bits per heavy atom. The van der Waals surface area contributed by atoms with Gasteiger partial charge in [-0.2, -0.15) is 0 Å². The minimum absolute atomic E-state index is 0.0532. The molecule has 1 atom stereocenters. The highest BCUT2D eigenvalue weighted by Crippen LogP contribution is 2.23. The highest BCUT2D eigenvalue weighted by atomic mass is 16.1. The molecule has 1 aromatic carbocycles. The van der Waals surface area contributed by atoms with E-state index in [4.69, 9.17) is 0 Å². The van der Waals surface area contributed by atoms with Gasteiger partial charge in [-0.1, -0.05) is 32.9 Å². The topological polar surface area (TPSA) is 66.3 Å². The van der Waals surface area contributed by atoms with Crippen molar-refractivity contribution in [1.29, 1.82) is 0 Å². The summed E-state index contributed by atoms with van der Waals surface area (Å²) in [4.78, 5) is 16.6. The van der Waals surface area contributed by atoms with Crippen LogP contribution in [0.3, 0.4) is 0 Å². The summed E-state index contributed by atoms with van der Waals surface area (Å²) in [6.45, 7) is 9.78. The van der Waals surface area contributed by atoms with E-state index >= 15 is 0 Å². The van der Waals surface area contributed by atoms with Gasteiger partial charge >= 0.3 is 0 Å². The van der Waals surface area contributed by atoms with Crippen LogP contribution in [0.2, 0.25) is 0 Å². The van der Waals surface area contributed by atoms with Crippen molar-refractivity contribution in [2.24, 2.45) is 5.92 Å². The minimum Gasteiger partial charge on any atom is -0.378 e. The van der Waals surface area contributed by atoms with Gasteiger partial charge in [-0.15, -0.1) is 10.2 Å². The van der Waals surface area contributed by atoms with Crippen molar-refractivity contribution >= 4 is 11.6 Å². The molecule has 0 bridgehead atoms. The van der Waals surface area contributed by atoms with Gasteiger partial charge in [0.1, 0.15) is 5.82 Å². The maximum atomic E-state index is 12.0. The van der Waals surface area contributed by atoms with Gasteiger partial charge in [-0.3, -0.25) is 9.69 Å². The second kappa shape index (κ2) is 9.39. The number of aromatic nitrogens is 3. The fourth-order valence-corrected chi connectivity index (χ4v) is 3.74. The zero-order valence-corrected chi connectivity index (χ0v) is 18.4. The number of rotatable bonds is 7. The maximum Gasteiger partial charge on any atom is 0.220 e. The first-order valence-electron chi connectivity index (χ1n) is 10.6. The van der Waals surface area contributed by atoms with Gasteiger partial charge in [-0.25, -0.2) is 0 Å². The van der Waals surface area contributed by atoms with E-state index in [9.17, 15) is 4.79 Å². The summed E-state index contributed by atoms with van der Waals surface area (Å²) in [6, 6.07) is 8.66. The van der Waals surface area contributed by atoms with Crippen LogP contribution in [0, 0.1) is 5.92 Å². The molecule has 158 valence electrons. The van der Waals surface area contributed by atoms with Crippen molar-refractivity contribution in [1.82, 2.24) is 25.0 Å². The number of hydrogen-bond acceptors (Lipinski definition) is 5. The number of hydrogen-bond donors (Lipinski definition) is 1. The highest BCUT2D eigenvalue weighted by molar-refractivity contribution is 5.75. The maximum absolute atomic E-state index is 12.0. The molecule has 0 saturated heterocycles. The van der Waals surface area contributed by atoms with Gasteiger partial charge in [0.15, 0.2) is 5.82 Å². The quantitative estimate of drug-likeness (QED) is 0.777. The van der Waals surface area contributed by atoms with Gasteiger partial charge < -0.3 is 14.8 Å². The number of nitrogens with zero attached hydrogens (tertiary/aromatic N) is 5. The lowest BCUT2D eigenvalue weighted by Crippen LogP contribution is -2.34. The highest BCUT2D eigenvalue weighted by Gasteiger charge is 2.27. The molecule has 0 fully saturated rings. The fourth-order valence-electron chi connectivity index (χ4n) is 3.74. The van der Waals surface area contributed by atoms with Crippen molar-refractivity contribution in [2.75, 3.05) is 32.1 Å². The predicted octanol–water partition coefficient (Wildman–Crippen LogP) is 2.63. The van der Waals surface area contributed by atoms with Gasteiger partial charge in [0.2, 0.25) is 5.91 Å². The normalized spacial score (nSPS) is 15.7. The number of amides is 1. The van der Waals surface area contributed by atoms with E-state index in [0.29, 0.717) is 6.42 Å². The Balaban J connectivity index is 1.69. The molecular formula is C22H34N6O. The molecule has 0 unspecified atom stereocenters. The first-order valence-corrected chi connectivity index (χ1v) is 10.6. The summed E-state index contributed by atoms with van der Waals surface area (Å²) in [6.07, 6.45) is 1.35. The minimum atomic E-state index is -0.103.